The van der Waals surface area contributed by atoms with Crippen LogP contribution in [-0.2, 0) is 9.59 Å². The predicted octanol–water partition coefficient (Wildman–Crippen LogP) is 4.60. The third kappa shape index (κ3) is 3.00. The zero-order valence-electron chi connectivity index (χ0n) is 17.4. The van der Waals surface area contributed by atoms with Crippen LogP contribution in [0.15, 0.2) is 41.7 Å². The van der Waals surface area contributed by atoms with E-state index in [1.807, 2.05) is 6.08 Å². The number of hydrogen-bond acceptors (Lipinski definition) is 3. The molecule has 4 rings (SSSR count). The monoisotopic (exact) mass is 396 g/mol. The second-order valence-corrected chi connectivity index (χ2v) is 9.86. The molecule has 0 amide bonds. The zero-order valence-corrected chi connectivity index (χ0v) is 17.4. The molecule has 29 heavy (non-hydrogen) atoms. The minimum absolute atomic E-state index is 0.00234. The minimum Gasteiger partial charge on any atom is -0.481 e. The summed E-state index contributed by atoms with van der Waals surface area (Å²) in [6.07, 6.45) is 8.04. The quantitative estimate of drug-likeness (QED) is 0.538. The smallest absolute Gasteiger partial charge is 0.303 e. The molecule has 3 fully saturated rings. The topological polar surface area (TPSA) is 74.6 Å². The third-order valence-electron chi connectivity index (χ3n) is 8.70. The lowest BCUT2D eigenvalue weighted by atomic mass is 9.48. The van der Waals surface area contributed by atoms with E-state index in [0.29, 0.717) is 48.5 Å². The van der Waals surface area contributed by atoms with Crippen LogP contribution in [0.25, 0.3) is 0 Å². The number of carbonyl (C=O) groups is 2. The van der Waals surface area contributed by atoms with Crippen molar-refractivity contribution >= 4 is 11.8 Å². The van der Waals surface area contributed by atoms with E-state index in [4.69, 9.17) is 5.11 Å². The molecular formula is C25H32O4. The first kappa shape index (κ1) is 20.4. The Hall–Kier alpha value is -1.90. The summed E-state index contributed by atoms with van der Waals surface area (Å²) < 4.78 is 0. The fourth-order valence-corrected chi connectivity index (χ4v) is 7.28. The van der Waals surface area contributed by atoms with E-state index >= 15 is 0 Å². The van der Waals surface area contributed by atoms with Gasteiger partial charge in [0.25, 0.3) is 0 Å². The highest BCUT2D eigenvalue weighted by Crippen LogP contribution is 2.67. The van der Waals surface area contributed by atoms with Crippen LogP contribution < -0.4 is 0 Å². The molecule has 4 heteroatoms. The Bertz CT molecular complexity index is 845. The van der Waals surface area contributed by atoms with Crippen molar-refractivity contribution in [3.05, 3.63) is 41.7 Å². The summed E-state index contributed by atoms with van der Waals surface area (Å²) in [7, 11) is 0. The molecule has 0 bridgehead atoms. The maximum Gasteiger partial charge on any atom is 0.303 e. The summed E-state index contributed by atoms with van der Waals surface area (Å²) in [6, 6.07) is 0. The van der Waals surface area contributed by atoms with Crippen LogP contribution in [0.2, 0.25) is 0 Å². The van der Waals surface area contributed by atoms with Gasteiger partial charge in [0.2, 0.25) is 0 Å². The van der Waals surface area contributed by atoms with Gasteiger partial charge in [-0.25, -0.2) is 0 Å². The summed E-state index contributed by atoms with van der Waals surface area (Å²) in [5.41, 5.74) is 4.97. The van der Waals surface area contributed by atoms with Gasteiger partial charge in [-0.3, -0.25) is 9.59 Å². The Kier molecular flexibility index (Phi) is 4.99. The average Bonchev–Trinajstić information content (AvgIpc) is 2.96. The summed E-state index contributed by atoms with van der Waals surface area (Å²) in [5.74, 6) is 0.996. The van der Waals surface area contributed by atoms with Crippen molar-refractivity contribution in [2.24, 2.45) is 29.1 Å². The maximum absolute atomic E-state index is 11.9. The molecule has 156 valence electrons. The molecule has 0 aliphatic heterocycles. The molecule has 6 atom stereocenters. The van der Waals surface area contributed by atoms with Crippen molar-refractivity contribution in [1.29, 1.82) is 0 Å². The maximum atomic E-state index is 11.9. The fourth-order valence-electron chi connectivity index (χ4n) is 7.28. The number of carboxylic acid groups (broad SMARTS) is 1. The second kappa shape index (κ2) is 7.11. The Morgan fingerprint density at radius 1 is 1.28 bits per heavy atom. The molecular weight excluding hydrogens is 364 g/mol. The SMILES string of the molecule is C=C=C1C[C@@]2(C)[C@@H](CC[C@@]2(O)C(=C)CCC(=O)O)[C@@H]2CCC3=CC(=O)CC[C@@H]3[C@@H]12. The molecule has 4 nitrogen and oxygen atoms in total. The molecule has 3 saturated carbocycles. The molecule has 0 spiro atoms. The van der Waals surface area contributed by atoms with Gasteiger partial charge < -0.3 is 10.2 Å². The average molecular weight is 397 g/mol. The van der Waals surface area contributed by atoms with Gasteiger partial charge in [0.1, 0.15) is 0 Å². The first-order valence-electron chi connectivity index (χ1n) is 11.0. The number of ketones is 1. The standard InChI is InChI=1S/C25H32O4/c1-4-16-14-24(3)21(11-12-25(24,29)15(2)5-10-22(27)28)20-8-6-17-13-18(26)7-9-19(17)23(16)20/h13,19-21,23,29H,1-2,5-12,14H2,3H3,(H,27,28)/t19-,20-,21-,23+,24-,25+/m0/s1. The van der Waals surface area contributed by atoms with Crippen LogP contribution in [-0.4, -0.2) is 27.6 Å². The molecule has 4 aliphatic rings. The Balaban J connectivity index is 1.67. The zero-order chi connectivity index (χ0) is 21.0. The number of allylic oxidation sites excluding steroid dienone is 2. The largest absolute Gasteiger partial charge is 0.481 e. The summed E-state index contributed by atoms with van der Waals surface area (Å²) >= 11 is 0. The highest BCUT2D eigenvalue weighted by Gasteiger charge is 2.64. The summed E-state index contributed by atoms with van der Waals surface area (Å²) in [5, 5.41) is 20.9. The first-order valence-corrected chi connectivity index (χ1v) is 11.0. The van der Waals surface area contributed by atoms with Crippen molar-refractivity contribution < 1.29 is 19.8 Å². The van der Waals surface area contributed by atoms with Crippen LogP contribution in [0.1, 0.15) is 64.7 Å². The Morgan fingerprint density at radius 3 is 2.72 bits per heavy atom. The lowest BCUT2D eigenvalue weighted by molar-refractivity contribution is -0.137. The number of rotatable bonds is 4. The van der Waals surface area contributed by atoms with Gasteiger partial charge in [0.15, 0.2) is 5.78 Å². The Labute approximate surface area is 173 Å². The van der Waals surface area contributed by atoms with Crippen LogP contribution >= 0.6 is 0 Å². The molecule has 0 unspecified atom stereocenters. The molecule has 0 radical (unpaired) electrons. The van der Waals surface area contributed by atoms with E-state index in [0.717, 1.165) is 32.1 Å². The highest BCUT2D eigenvalue weighted by molar-refractivity contribution is 5.91. The number of carbonyl (C=O) groups excluding carboxylic acids is 1. The highest BCUT2D eigenvalue weighted by atomic mass is 16.4. The minimum atomic E-state index is -1.04. The molecule has 4 aliphatic carbocycles. The molecule has 0 saturated heterocycles. The van der Waals surface area contributed by atoms with E-state index in [-0.39, 0.29) is 17.6 Å². The molecule has 2 N–H and O–H groups in total. The van der Waals surface area contributed by atoms with E-state index in [9.17, 15) is 14.7 Å². The number of carboxylic acids is 1. The normalized spacial score (nSPS) is 41.0. The van der Waals surface area contributed by atoms with E-state index in [1.165, 1.54) is 11.1 Å². The number of fused-ring (bicyclic) bond motifs is 5. The van der Waals surface area contributed by atoms with E-state index in [1.54, 1.807) is 0 Å². The van der Waals surface area contributed by atoms with Gasteiger partial charge in [-0.15, -0.1) is 5.73 Å². The molecule has 0 aromatic heterocycles. The van der Waals surface area contributed by atoms with Crippen molar-refractivity contribution in [3.8, 4) is 0 Å². The van der Waals surface area contributed by atoms with Crippen LogP contribution in [0.5, 0.6) is 0 Å². The van der Waals surface area contributed by atoms with Crippen LogP contribution in [0, 0.1) is 29.1 Å². The van der Waals surface area contributed by atoms with Crippen LogP contribution in [0.3, 0.4) is 0 Å². The van der Waals surface area contributed by atoms with Crippen molar-refractivity contribution in [2.75, 3.05) is 0 Å². The van der Waals surface area contributed by atoms with Gasteiger partial charge in [-0.1, -0.05) is 25.7 Å². The van der Waals surface area contributed by atoms with Crippen LogP contribution in [0.4, 0.5) is 0 Å². The number of hydrogen-bond donors (Lipinski definition) is 2. The lowest BCUT2D eigenvalue weighted by Gasteiger charge is -2.56. The number of aliphatic hydroxyl groups is 1. The predicted molar refractivity (Wildman–Crippen MR) is 111 cm³/mol. The van der Waals surface area contributed by atoms with E-state index in [2.05, 4.69) is 25.8 Å². The van der Waals surface area contributed by atoms with Gasteiger partial charge in [0.05, 0.1) is 5.60 Å². The van der Waals surface area contributed by atoms with Gasteiger partial charge in [-0.2, -0.15) is 0 Å². The number of aliphatic carboxylic acids is 1. The molecule has 0 aromatic rings. The third-order valence-corrected chi connectivity index (χ3v) is 8.70. The van der Waals surface area contributed by atoms with Gasteiger partial charge >= 0.3 is 5.97 Å². The van der Waals surface area contributed by atoms with Crippen molar-refractivity contribution in [3.63, 3.8) is 0 Å². The fraction of sp³-hybridized carbons (Fsp3) is 0.640. The first-order chi connectivity index (χ1) is 13.7. The second-order valence-electron chi connectivity index (χ2n) is 9.86. The Morgan fingerprint density at radius 2 is 2.03 bits per heavy atom. The van der Waals surface area contributed by atoms with Crippen molar-refractivity contribution in [2.45, 2.75) is 70.3 Å². The summed E-state index contributed by atoms with van der Waals surface area (Å²) in [4.78, 5) is 23.0. The summed E-state index contributed by atoms with van der Waals surface area (Å²) in [6.45, 7) is 10.3. The van der Waals surface area contributed by atoms with Gasteiger partial charge in [0, 0.05) is 18.3 Å². The molecule has 0 heterocycles. The van der Waals surface area contributed by atoms with E-state index < -0.39 is 11.6 Å². The molecule has 0 aromatic carbocycles. The lowest BCUT2D eigenvalue weighted by Crippen LogP contribution is -2.54. The van der Waals surface area contributed by atoms with Crippen molar-refractivity contribution in [1.82, 2.24) is 0 Å². The van der Waals surface area contributed by atoms with Gasteiger partial charge in [-0.05, 0) is 85.8 Å².